The molecule has 126 valence electrons. The van der Waals surface area contributed by atoms with E-state index in [1.54, 1.807) is 12.1 Å². The van der Waals surface area contributed by atoms with Crippen LogP contribution < -0.4 is 10.6 Å². The summed E-state index contributed by atoms with van der Waals surface area (Å²) in [6.45, 7) is 6.28. The fraction of sp³-hybridized carbons (Fsp3) is 0.263. The van der Waals surface area contributed by atoms with Gasteiger partial charge in [-0.2, -0.15) is 0 Å². The van der Waals surface area contributed by atoms with Crippen molar-refractivity contribution in [1.29, 1.82) is 0 Å². The number of benzene rings is 2. The van der Waals surface area contributed by atoms with E-state index in [1.165, 1.54) is 5.56 Å². The number of hydrogen-bond donors (Lipinski definition) is 2. The second-order valence-electron chi connectivity index (χ2n) is 5.83. The molecule has 2 aromatic rings. The maximum atomic E-state index is 12.1. The third-order valence-corrected chi connectivity index (χ3v) is 4.21. The van der Waals surface area contributed by atoms with Crippen molar-refractivity contribution in [2.45, 2.75) is 27.2 Å². The minimum atomic E-state index is -0.182. The van der Waals surface area contributed by atoms with E-state index in [0.717, 1.165) is 21.3 Å². The van der Waals surface area contributed by atoms with E-state index >= 15 is 0 Å². The van der Waals surface area contributed by atoms with E-state index in [1.807, 2.05) is 45.0 Å². The van der Waals surface area contributed by atoms with Gasteiger partial charge in [-0.15, -0.1) is 0 Å². The Balaban J connectivity index is 1.85. The van der Waals surface area contributed by atoms with Crippen molar-refractivity contribution in [3.05, 3.63) is 63.1 Å². The fourth-order valence-electron chi connectivity index (χ4n) is 2.57. The Kier molecular flexibility index (Phi) is 6.15. The van der Waals surface area contributed by atoms with Crippen molar-refractivity contribution in [2.75, 3.05) is 11.9 Å². The lowest BCUT2D eigenvalue weighted by Crippen LogP contribution is -2.27. The van der Waals surface area contributed by atoms with Crippen LogP contribution in [0.3, 0.4) is 0 Å². The summed E-state index contributed by atoms with van der Waals surface area (Å²) in [7, 11) is 0. The van der Waals surface area contributed by atoms with Gasteiger partial charge >= 0.3 is 0 Å². The number of amides is 2. The molecule has 2 aromatic carbocycles. The van der Waals surface area contributed by atoms with Crippen molar-refractivity contribution in [2.24, 2.45) is 0 Å². The molecule has 0 fully saturated rings. The minimum absolute atomic E-state index is 0.110. The van der Waals surface area contributed by atoms with Crippen molar-refractivity contribution < 1.29 is 9.59 Å². The summed E-state index contributed by atoms with van der Waals surface area (Å²) < 4.78 is 0.919. The molecule has 0 aliphatic carbocycles. The Labute approximate surface area is 150 Å². The van der Waals surface area contributed by atoms with E-state index in [4.69, 9.17) is 0 Å². The first kappa shape index (κ1) is 18.2. The van der Waals surface area contributed by atoms with Gasteiger partial charge in [-0.25, -0.2) is 0 Å². The highest BCUT2D eigenvalue weighted by Gasteiger charge is 2.10. The van der Waals surface area contributed by atoms with E-state index in [9.17, 15) is 9.59 Å². The Hall–Kier alpha value is -2.14. The monoisotopic (exact) mass is 388 g/mol. The lowest BCUT2D eigenvalue weighted by atomic mass is 10.1. The second-order valence-corrected chi connectivity index (χ2v) is 6.75. The summed E-state index contributed by atoms with van der Waals surface area (Å²) in [6.07, 6.45) is 0.231. The zero-order valence-corrected chi connectivity index (χ0v) is 15.7. The van der Waals surface area contributed by atoms with Gasteiger partial charge in [-0.3, -0.25) is 9.59 Å². The molecular formula is C19H21BrN2O2. The Morgan fingerprint density at radius 2 is 1.58 bits per heavy atom. The number of carbonyl (C=O) groups is 2. The van der Waals surface area contributed by atoms with Crippen LogP contribution in [0.4, 0.5) is 5.69 Å². The molecule has 2 N–H and O–H groups in total. The molecule has 2 amide bonds. The van der Waals surface area contributed by atoms with E-state index in [0.29, 0.717) is 12.1 Å². The van der Waals surface area contributed by atoms with Crippen LogP contribution in [-0.2, 0) is 4.79 Å². The van der Waals surface area contributed by atoms with E-state index < -0.39 is 0 Å². The van der Waals surface area contributed by atoms with Gasteiger partial charge in [-0.1, -0.05) is 33.6 Å². The van der Waals surface area contributed by atoms with Gasteiger partial charge in [-0.05, 0) is 56.2 Å². The van der Waals surface area contributed by atoms with Gasteiger partial charge in [0.05, 0.1) is 0 Å². The summed E-state index contributed by atoms with van der Waals surface area (Å²) in [5, 5.41) is 5.69. The van der Waals surface area contributed by atoms with Gasteiger partial charge in [0.25, 0.3) is 5.91 Å². The zero-order valence-electron chi connectivity index (χ0n) is 14.1. The predicted molar refractivity (Wildman–Crippen MR) is 100 cm³/mol. The molecule has 0 aliphatic rings. The number of halogens is 1. The first-order valence-corrected chi connectivity index (χ1v) is 8.57. The summed E-state index contributed by atoms with van der Waals surface area (Å²) in [5.74, 6) is -0.292. The highest BCUT2D eigenvalue weighted by molar-refractivity contribution is 9.10. The highest BCUT2D eigenvalue weighted by Crippen LogP contribution is 2.21. The summed E-state index contributed by atoms with van der Waals surface area (Å²) in [6, 6.07) is 11.2. The van der Waals surface area contributed by atoms with Crippen LogP contribution in [0.5, 0.6) is 0 Å². The molecule has 0 saturated carbocycles. The van der Waals surface area contributed by atoms with Crippen LogP contribution in [0.25, 0.3) is 0 Å². The molecule has 0 saturated heterocycles. The van der Waals surface area contributed by atoms with Crippen molar-refractivity contribution in [3.8, 4) is 0 Å². The molecule has 2 rings (SSSR count). The quantitative estimate of drug-likeness (QED) is 0.808. The van der Waals surface area contributed by atoms with Crippen molar-refractivity contribution in [3.63, 3.8) is 0 Å². The lowest BCUT2D eigenvalue weighted by molar-refractivity contribution is -0.116. The summed E-state index contributed by atoms with van der Waals surface area (Å²) in [4.78, 5) is 24.1. The van der Waals surface area contributed by atoms with Crippen LogP contribution in [0.2, 0.25) is 0 Å². The van der Waals surface area contributed by atoms with Gasteiger partial charge in [0.15, 0.2) is 0 Å². The van der Waals surface area contributed by atoms with Crippen LogP contribution in [0.15, 0.2) is 40.9 Å². The molecule has 24 heavy (non-hydrogen) atoms. The topological polar surface area (TPSA) is 58.2 Å². The van der Waals surface area contributed by atoms with Crippen LogP contribution in [-0.4, -0.2) is 18.4 Å². The number of nitrogens with one attached hydrogen (secondary N) is 2. The van der Waals surface area contributed by atoms with E-state index in [2.05, 4.69) is 26.6 Å². The highest BCUT2D eigenvalue weighted by atomic mass is 79.9. The van der Waals surface area contributed by atoms with Crippen molar-refractivity contribution in [1.82, 2.24) is 5.32 Å². The van der Waals surface area contributed by atoms with Gasteiger partial charge < -0.3 is 10.6 Å². The molecule has 0 aromatic heterocycles. The molecular weight excluding hydrogens is 368 g/mol. The first-order chi connectivity index (χ1) is 11.4. The van der Waals surface area contributed by atoms with Crippen molar-refractivity contribution >= 4 is 33.4 Å². The maximum Gasteiger partial charge on any atom is 0.251 e. The normalized spacial score (nSPS) is 10.3. The van der Waals surface area contributed by atoms with Crippen LogP contribution in [0, 0.1) is 20.8 Å². The van der Waals surface area contributed by atoms with Gasteiger partial charge in [0.2, 0.25) is 5.91 Å². The Morgan fingerprint density at radius 3 is 2.17 bits per heavy atom. The predicted octanol–water partition coefficient (Wildman–Crippen LogP) is 4.13. The molecule has 0 bridgehead atoms. The third kappa shape index (κ3) is 4.93. The van der Waals surface area contributed by atoms with E-state index in [-0.39, 0.29) is 18.2 Å². The molecule has 0 atom stereocenters. The first-order valence-electron chi connectivity index (χ1n) is 7.78. The average Bonchev–Trinajstić information content (AvgIpc) is 2.51. The number of aryl methyl sites for hydroxylation is 3. The SMILES string of the molecule is Cc1cc(C)c(NC(=O)CCNC(=O)c2ccc(Br)cc2)c(C)c1. The average molecular weight is 389 g/mol. The number of carbonyl (C=O) groups excluding carboxylic acids is 2. The minimum Gasteiger partial charge on any atom is -0.352 e. The molecule has 0 heterocycles. The lowest BCUT2D eigenvalue weighted by Gasteiger charge is -2.13. The third-order valence-electron chi connectivity index (χ3n) is 3.69. The summed E-state index contributed by atoms with van der Waals surface area (Å²) in [5.41, 5.74) is 4.68. The molecule has 0 aliphatic heterocycles. The number of rotatable bonds is 5. The molecule has 0 radical (unpaired) electrons. The second kappa shape index (κ2) is 8.11. The number of hydrogen-bond acceptors (Lipinski definition) is 2. The van der Waals surface area contributed by atoms with Crippen LogP contribution >= 0.6 is 15.9 Å². The molecule has 5 heteroatoms. The smallest absolute Gasteiger partial charge is 0.251 e. The number of anilines is 1. The summed E-state index contributed by atoms with van der Waals surface area (Å²) >= 11 is 3.33. The largest absolute Gasteiger partial charge is 0.352 e. The van der Waals surface area contributed by atoms with Gasteiger partial charge in [0.1, 0.15) is 0 Å². The fourth-order valence-corrected chi connectivity index (χ4v) is 2.84. The Bertz CT molecular complexity index is 731. The molecule has 4 nitrogen and oxygen atoms in total. The Morgan fingerprint density at radius 1 is 1.00 bits per heavy atom. The van der Waals surface area contributed by atoms with Gasteiger partial charge in [0, 0.05) is 28.7 Å². The molecule has 0 unspecified atom stereocenters. The standard InChI is InChI=1S/C19H21BrN2O2/c1-12-10-13(2)18(14(3)11-12)22-17(23)8-9-21-19(24)15-4-6-16(20)7-5-15/h4-7,10-11H,8-9H2,1-3H3,(H,21,24)(H,22,23). The maximum absolute atomic E-state index is 12.1. The van der Waals surface area contributed by atoms with Crippen LogP contribution in [0.1, 0.15) is 33.5 Å². The molecule has 0 spiro atoms. The zero-order chi connectivity index (χ0) is 17.7.